The molecule has 1 rings (SSSR count). The van der Waals surface area contributed by atoms with Crippen LogP contribution in [0.4, 0.5) is 0 Å². The highest BCUT2D eigenvalue weighted by Crippen LogP contribution is 2.13. The Morgan fingerprint density at radius 2 is 2.06 bits per heavy atom. The Labute approximate surface area is 95.7 Å². The van der Waals surface area contributed by atoms with Crippen molar-refractivity contribution in [3.8, 4) is 0 Å². The molecule has 0 radical (unpaired) electrons. The first-order chi connectivity index (χ1) is 7.50. The van der Waals surface area contributed by atoms with Crippen molar-refractivity contribution in [3.63, 3.8) is 0 Å². The molecule has 0 bridgehead atoms. The van der Waals surface area contributed by atoms with E-state index in [1.54, 1.807) is 19.1 Å². The van der Waals surface area contributed by atoms with E-state index < -0.39 is 5.60 Å². The Hall–Kier alpha value is -1.29. The molecular weight excluding hydrogens is 206 g/mol. The lowest BCUT2D eigenvalue weighted by Gasteiger charge is -2.24. The number of aryl methyl sites for hydroxylation is 1. The number of aliphatic hydroxyl groups is 1. The number of carbonyl (C=O) groups is 1. The summed E-state index contributed by atoms with van der Waals surface area (Å²) in [5.41, 5.74) is -0.822. The summed E-state index contributed by atoms with van der Waals surface area (Å²) in [4.78, 5) is 11.6. The summed E-state index contributed by atoms with van der Waals surface area (Å²) in [6, 6.07) is 3.36. The zero-order chi connectivity index (χ0) is 12.2. The summed E-state index contributed by atoms with van der Waals surface area (Å²) in [6.07, 6.45) is 1.22. The van der Waals surface area contributed by atoms with Crippen LogP contribution in [0.15, 0.2) is 16.5 Å². The Kier molecular flexibility index (Phi) is 4.12. The Balaban J connectivity index is 2.53. The van der Waals surface area contributed by atoms with Gasteiger partial charge < -0.3 is 14.8 Å². The van der Waals surface area contributed by atoms with Crippen LogP contribution >= 0.6 is 0 Å². The second-order valence-corrected chi connectivity index (χ2v) is 4.02. The number of rotatable bonds is 5. The van der Waals surface area contributed by atoms with Crippen molar-refractivity contribution in [2.75, 3.05) is 6.54 Å². The normalized spacial score (nSPS) is 11.5. The van der Waals surface area contributed by atoms with Gasteiger partial charge >= 0.3 is 0 Å². The monoisotopic (exact) mass is 225 g/mol. The summed E-state index contributed by atoms with van der Waals surface area (Å²) in [7, 11) is 0. The first kappa shape index (κ1) is 12.8. The van der Waals surface area contributed by atoms with E-state index in [4.69, 9.17) is 4.42 Å². The van der Waals surface area contributed by atoms with Crippen LogP contribution in [-0.2, 0) is 0 Å². The van der Waals surface area contributed by atoms with Crippen molar-refractivity contribution in [1.29, 1.82) is 0 Å². The number of furan rings is 1. The first-order valence-corrected chi connectivity index (χ1v) is 5.58. The quantitative estimate of drug-likeness (QED) is 0.804. The highest BCUT2D eigenvalue weighted by molar-refractivity contribution is 5.91. The van der Waals surface area contributed by atoms with Gasteiger partial charge in [0.05, 0.1) is 5.60 Å². The Bertz CT molecular complexity index is 353. The lowest BCUT2D eigenvalue weighted by atomic mass is 9.97. The van der Waals surface area contributed by atoms with Crippen LogP contribution in [0.5, 0.6) is 0 Å². The molecule has 1 aromatic heterocycles. The van der Waals surface area contributed by atoms with Gasteiger partial charge in [-0.3, -0.25) is 4.79 Å². The van der Waals surface area contributed by atoms with Crippen molar-refractivity contribution in [1.82, 2.24) is 5.32 Å². The molecule has 0 spiro atoms. The maximum Gasteiger partial charge on any atom is 0.287 e. The zero-order valence-corrected chi connectivity index (χ0v) is 10.0. The number of amides is 1. The molecule has 1 amide bonds. The van der Waals surface area contributed by atoms with E-state index >= 15 is 0 Å². The van der Waals surface area contributed by atoms with Crippen LogP contribution in [0.1, 0.15) is 43.0 Å². The fraction of sp³-hybridized carbons (Fsp3) is 0.583. The predicted octanol–water partition coefficient (Wildman–Crippen LogP) is 1.87. The Morgan fingerprint density at radius 3 is 2.50 bits per heavy atom. The Morgan fingerprint density at radius 1 is 1.44 bits per heavy atom. The van der Waals surface area contributed by atoms with Gasteiger partial charge in [-0.1, -0.05) is 13.8 Å². The number of carbonyl (C=O) groups excluding carboxylic acids is 1. The summed E-state index contributed by atoms with van der Waals surface area (Å²) >= 11 is 0. The molecule has 0 fully saturated rings. The van der Waals surface area contributed by atoms with Gasteiger partial charge in [0.1, 0.15) is 5.76 Å². The van der Waals surface area contributed by atoms with E-state index in [1.807, 2.05) is 13.8 Å². The fourth-order valence-electron chi connectivity index (χ4n) is 1.39. The molecule has 0 saturated heterocycles. The standard InChI is InChI=1S/C12H19NO3/c1-4-12(15,5-2)8-13-11(14)10-7-6-9(3)16-10/h6-7,15H,4-5,8H2,1-3H3,(H,13,14). The molecule has 16 heavy (non-hydrogen) atoms. The molecule has 0 aromatic carbocycles. The topological polar surface area (TPSA) is 62.5 Å². The van der Waals surface area contributed by atoms with Crippen LogP contribution < -0.4 is 5.32 Å². The summed E-state index contributed by atoms with van der Waals surface area (Å²) < 4.78 is 5.18. The first-order valence-electron chi connectivity index (χ1n) is 5.58. The van der Waals surface area contributed by atoms with Gasteiger partial charge in [0.15, 0.2) is 5.76 Å². The molecule has 0 aliphatic carbocycles. The van der Waals surface area contributed by atoms with Crippen molar-refractivity contribution in [3.05, 3.63) is 23.7 Å². The SMILES string of the molecule is CCC(O)(CC)CNC(=O)c1ccc(C)o1. The summed E-state index contributed by atoms with van der Waals surface area (Å²) in [6.45, 7) is 5.82. The third-order valence-electron chi connectivity index (χ3n) is 2.86. The van der Waals surface area contributed by atoms with Gasteiger partial charge in [0.2, 0.25) is 0 Å². The molecule has 2 N–H and O–H groups in total. The lowest BCUT2D eigenvalue weighted by molar-refractivity contribution is 0.0310. The molecule has 0 saturated carbocycles. The molecule has 0 unspecified atom stereocenters. The molecule has 1 aromatic rings. The van der Waals surface area contributed by atoms with Gasteiger partial charge in [-0.25, -0.2) is 0 Å². The van der Waals surface area contributed by atoms with Gasteiger partial charge in [0.25, 0.3) is 5.91 Å². The molecule has 4 nitrogen and oxygen atoms in total. The van der Waals surface area contributed by atoms with Crippen LogP contribution in [0.2, 0.25) is 0 Å². The lowest BCUT2D eigenvalue weighted by Crippen LogP contribution is -2.41. The second-order valence-electron chi connectivity index (χ2n) is 4.02. The van der Waals surface area contributed by atoms with Crippen LogP contribution in [-0.4, -0.2) is 23.2 Å². The molecule has 0 aliphatic heterocycles. The second kappa shape index (κ2) is 5.16. The average molecular weight is 225 g/mol. The maximum atomic E-state index is 11.6. The minimum absolute atomic E-state index is 0.249. The third-order valence-corrected chi connectivity index (χ3v) is 2.86. The third kappa shape index (κ3) is 3.10. The summed E-state index contributed by atoms with van der Waals surface area (Å²) in [5.74, 6) is 0.701. The maximum absolute atomic E-state index is 11.6. The van der Waals surface area contributed by atoms with Crippen molar-refractivity contribution >= 4 is 5.91 Å². The van der Waals surface area contributed by atoms with E-state index in [0.717, 1.165) is 0 Å². The molecular formula is C12H19NO3. The van der Waals surface area contributed by atoms with Crippen LogP contribution in [0.25, 0.3) is 0 Å². The highest BCUT2D eigenvalue weighted by atomic mass is 16.3. The number of hydrogen-bond donors (Lipinski definition) is 2. The molecule has 90 valence electrons. The number of nitrogens with one attached hydrogen (secondary N) is 1. The average Bonchev–Trinajstić information content (AvgIpc) is 2.72. The molecule has 1 heterocycles. The van der Waals surface area contributed by atoms with E-state index in [1.165, 1.54) is 0 Å². The number of hydrogen-bond acceptors (Lipinski definition) is 3. The zero-order valence-electron chi connectivity index (χ0n) is 10.0. The molecule has 4 heteroatoms. The fourth-order valence-corrected chi connectivity index (χ4v) is 1.39. The van der Waals surface area contributed by atoms with Crippen molar-refractivity contribution in [2.24, 2.45) is 0 Å². The van der Waals surface area contributed by atoms with Crippen LogP contribution in [0, 0.1) is 6.92 Å². The largest absolute Gasteiger partial charge is 0.456 e. The van der Waals surface area contributed by atoms with Crippen molar-refractivity contribution < 1.29 is 14.3 Å². The van der Waals surface area contributed by atoms with E-state index in [9.17, 15) is 9.90 Å². The van der Waals surface area contributed by atoms with Gasteiger partial charge in [-0.15, -0.1) is 0 Å². The minimum Gasteiger partial charge on any atom is -0.456 e. The van der Waals surface area contributed by atoms with E-state index in [-0.39, 0.29) is 18.2 Å². The predicted molar refractivity (Wildman–Crippen MR) is 61.3 cm³/mol. The minimum atomic E-state index is -0.822. The highest BCUT2D eigenvalue weighted by Gasteiger charge is 2.23. The van der Waals surface area contributed by atoms with Crippen LogP contribution in [0.3, 0.4) is 0 Å². The van der Waals surface area contributed by atoms with Gasteiger partial charge in [-0.2, -0.15) is 0 Å². The smallest absolute Gasteiger partial charge is 0.287 e. The van der Waals surface area contributed by atoms with E-state index in [0.29, 0.717) is 18.6 Å². The van der Waals surface area contributed by atoms with E-state index in [2.05, 4.69) is 5.32 Å². The molecule has 0 aliphatic rings. The van der Waals surface area contributed by atoms with Crippen molar-refractivity contribution in [2.45, 2.75) is 39.2 Å². The summed E-state index contributed by atoms with van der Waals surface area (Å²) in [5, 5.41) is 12.7. The van der Waals surface area contributed by atoms with Gasteiger partial charge in [0, 0.05) is 6.54 Å². The van der Waals surface area contributed by atoms with Gasteiger partial charge in [-0.05, 0) is 31.9 Å². The molecule has 0 atom stereocenters.